The molecule has 2 rings (SSSR count). The Bertz CT molecular complexity index is 270. The van der Waals surface area contributed by atoms with Crippen molar-refractivity contribution < 1.29 is 0 Å². The quantitative estimate of drug-likeness (QED) is 0.705. The molecule has 84 valence electrons. The van der Waals surface area contributed by atoms with Crippen LogP contribution in [0.4, 0.5) is 0 Å². The van der Waals surface area contributed by atoms with Gasteiger partial charge in [-0.1, -0.05) is 12.2 Å². The van der Waals surface area contributed by atoms with Gasteiger partial charge in [0.25, 0.3) is 0 Å². The number of likely N-dealkylation sites (tertiary alicyclic amines) is 1. The van der Waals surface area contributed by atoms with E-state index in [0.717, 1.165) is 13.0 Å². The largest absolute Gasteiger partial charge is 0.381 e. The van der Waals surface area contributed by atoms with Crippen molar-refractivity contribution >= 4 is 0 Å². The SMILES string of the molecule is CN1CCC[C@H](NC2=CCC(N)C=C2)C1. The number of piperidine rings is 1. The zero-order chi connectivity index (χ0) is 10.7. The summed E-state index contributed by atoms with van der Waals surface area (Å²) >= 11 is 0. The van der Waals surface area contributed by atoms with Crippen LogP contribution < -0.4 is 11.1 Å². The molecule has 3 heteroatoms. The zero-order valence-corrected chi connectivity index (χ0v) is 9.45. The number of hydrogen-bond donors (Lipinski definition) is 2. The molecule has 0 aromatic heterocycles. The summed E-state index contributed by atoms with van der Waals surface area (Å²) in [7, 11) is 2.19. The van der Waals surface area contributed by atoms with Crippen molar-refractivity contribution in [2.75, 3.05) is 20.1 Å². The van der Waals surface area contributed by atoms with E-state index in [1.807, 2.05) is 0 Å². The predicted octanol–water partition coefficient (Wildman–Crippen LogP) is 0.841. The Morgan fingerprint density at radius 3 is 3.07 bits per heavy atom. The van der Waals surface area contributed by atoms with Gasteiger partial charge in [-0.3, -0.25) is 0 Å². The lowest BCUT2D eigenvalue weighted by atomic mass is 10.0. The first-order chi connectivity index (χ1) is 7.24. The Balaban J connectivity index is 1.84. The number of rotatable bonds is 2. The normalized spacial score (nSPS) is 32.5. The van der Waals surface area contributed by atoms with E-state index in [4.69, 9.17) is 5.73 Å². The molecule has 0 aromatic carbocycles. The van der Waals surface area contributed by atoms with Gasteiger partial charge in [-0.15, -0.1) is 0 Å². The van der Waals surface area contributed by atoms with Crippen LogP contribution in [0, 0.1) is 0 Å². The molecular weight excluding hydrogens is 186 g/mol. The fraction of sp³-hybridized carbons (Fsp3) is 0.667. The van der Waals surface area contributed by atoms with Crippen LogP contribution in [-0.2, 0) is 0 Å². The minimum Gasteiger partial charge on any atom is -0.381 e. The molecule has 15 heavy (non-hydrogen) atoms. The third-order valence-corrected chi connectivity index (χ3v) is 3.13. The van der Waals surface area contributed by atoms with Crippen LogP contribution in [0.5, 0.6) is 0 Å². The third-order valence-electron chi connectivity index (χ3n) is 3.13. The molecule has 3 N–H and O–H groups in total. The highest BCUT2D eigenvalue weighted by molar-refractivity contribution is 5.24. The van der Waals surface area contributed by atoms with Crippen LogP contribution in [0.3, 0.4) is 0 Å². The molecule has 1 aliphatic heterocycles. The smallest absolute Gasteiger partial charge is 0.0388 e. The maximum atomic E-state index is 5.78. The molecule has 2 atom stereocenters. The molecule has 1 fully saturated rings. The van der Waals surface area contributed by atoms with E-state index in [1.165, 1.54) is 25.1 Å². The molecular formula is C12H21N3. The van der Waals surface area contributed by atoms with Gasteiger partial charge in [-0.25, -0.2) is 0 Å². The average molecular weight is 207 g/mol. The molecule has 1 heterocycles. The van der Waals surface area contributed by atoms with Crippen molar-refractivity contribution in [1.29, 1.82) is 0 Å². The van der Waals surface area contributed by atoms with Crippen molar-refractivity contribution in [3.63, 3.8) is 0 Å². The Morgan fingerprint density at radius 1 is 1.53 bits per heavy atom. The van der Waals surface area contributed by atoms with Gasteiger partial charge in [-0.2, -0.15) is 0 Å². The second kappa shape index (κ2) is 4.81. The van der Waals surface area contributed by atoms with Crippen LogP contribution in [0.1, 0.15) is 19.3 Å². The number of nitrogens with zero attached hydrogens (tertiary/aromatic N) is 1. The molecule has 0 aromatic rings. The van der Waals surface area contributed by atoms with Crippen LogP contribution in [0.15, 0.2) is 23.9 Å². The van der Waals surface area contributed by atoms with Gasteiger partial charge in [0.1, 0.15) is 0 Å². The van der Waals surface area contributed by atoms with E-state index in [0.29, 0.717) is 6.04 Å². The second-order valence-corrected chi connectivity index (χ2v) is 4.66. The lowest BCUT2D eigenvalue weighted by molar-refractivity contribution is 0.235. The lowest BCUT2D eigenvalue weighted by Crippen LogP contribution is -2.43. The molecule has 0 spiro atoms. The van der Waals surface area contributed by atoms with Gasteiger partial charge in [-0.05, 0) is 38.9 Å². The van der Waals surface area contributed by atoms with Gasteiger partial charge in [0.2, 0.25) is 0 Å². The van der Waals surface area contributed by atoms with E-state index in [2.05, 4.69) is 35.5 Å². The Labute approximate surface area is 92.0 Å². The highest BCUT2D eigenvalue weighted by Crippen LogP contribution is 2.12. The third kappa shape index (κ3) is 3.08. The summed E-state index contributed by atoms with van der Waals surface area (Å²) < 4.78 is 0. The number of nitrogens with one attached hydrogen (secondary N) is 1. The number of hydrogen-bond acceptors (Lipinski definition) is 3. The minimum atomic E-state index is 0.213. The molecule has 1 aliphatic carbocycles. The average Bonchev–Trinajstić information content (AvgIpc) is 2.22. The highest BCUT2D eigenvalue weighted by Gasteiger charge is 2.17. The van der Waals surface area contributed by atoms with E-state index in [-0.39, 0.29) is 6.04 Å². The van der Waals surface area contributed by atoms with Crippen LogP contribution in [0.25, 0.3) is 0 Å². The summed E-state index contributed by atoms with van der Waals surface area (Å²) in [4.78, 5) is 2.39. The van der Waals surface area contributed by atoms with Crippen molar-refractivity contribution in [3.8, 4) is 0 Å². The lowest BCUT2D eigenvalue weighted by Gasteiger charge is -2.31. The van der Waals surface area contributed by atoms with Gasteiger partial charge >= 0.3 is 0 Å². The first-order valence-corrected chi connectivity index (χ1v) is 5.83. The monoisotopic (exact) mass is 207 g/mol. The molecule has 0 bridgehead atoms. The maximum Gasteiger partial charge on any atom is 0.0388 e. The minimum absolute atomic E-state index is 0.213. The second-order valence-electron chi connectivity index (χ2n) is 4.66. The van der Waals surface area contributed by atoms with Gasteiger partial charge in [0.15, 0.2) is 0 Å². The van der Waals surface area contributed by atoms with Crippen LogP contribution >= 0.6 is 0 Å². The molecule has 2 aliphatic rings. The van der Waals surface area contributed by atoms with Crippen molar-refractivity contribution in [3.05, 3.63) is 23.9 Å². The summed E-state index contributed by atoms with van der Waals surface area (Å²) in [5.41, 5.74) is 7.03. The van der Waals surface area contributed by atoms with E-state index >= 15 is 0 Å². The summed E-state index contributed by atoms with van der Waals surface area (Å²) in [5, 5.41) is 3.59. The van der Waals surface area contributed by atoms with E-state index in [1.54, 1.807) is 0 Å². The molecule has 1 saturated heterocycles. The Morgan fingerprint density at radius 2 is 2.40 bits per heavy atom. The topological polar surface area (TPSA) is 41.3 Å². The Hall–Kier alpha value is -0.800. The fourth-order valence-electron chi connectivity index (χ4n) is 2.26. The van der Waals surface area contributed by atoms with Gasteiger partial charge < -0.3 is 16.0 Å². The summed E-state index contributed by atoms with van der Waals surface area (Å²) in [6.07, 6.45) is 9.94. The molecule has 3 nitrogen and oxygen atoms in total. The fourth-order valence-corrected chi connectivity index (χ4v) is 2.26. The van der Waals surface area contributed by atoms with Crippen molar-refractivity contribution in [2.45, 2.75) is 31.3 Å². The predicted molar refractivity (Wildman–Crippen MR) is 63.5 cm³/mol. The first-order valence-electron chi connectivity index (χ1n) is 5.83. The summed E-state index contributed by atoms with van der Waals surface area (Å²) in [6.45, 7) is 2.38. The summed E-state index contributed by atoms with van der Waals surface area (Å²) in [6, 6.07) is 0.818. The Kier molecular flexibility index (Phi) is 3.44. The number of allylic oxidation sites excluding steroid dienone is 1. The van der Waals surface area contributed by atoms with Crippen molar-refractivity contribution in [1.82, 2.24) is 10.2 Å². The van der Waals surface area contributed by atoms with Crippen LogP contribution in [0.2, 0.25) is 0 Å². The first kappa shape index (κ1) is 10.7. The number of nitrogens with two attached hydrogens (primary N) is 1. The van der Waals surface area contributed by atoms with E-state index < -0.39 is 0 Å². The maximum absolute atomic E-state index is 5.78. The zero-order valence-electron chi connectivity index (χ0n) is 9.45. The van der Waals surface area contributed by atoms with E-state index in [9.17, 15) is 0 Å². The molecule has 0 radical (unpaired) electrons. The van der Waals surface area contributed by atoms with Gasteiger partial charge in [0, 0.05) is 24.3 Å². The van der Waals surface area contributed by atoms with Crippen molar-refractivity contribution in [2.24, 2.45) is 5.73 Å². The molecule has 0 saturated carbocycles. The summed E-state index contributed by atoms with van der Waals surface area (Å²) in [5.74, 6) is 0. The van der Waals surface area contributed by atoms with Crippen LogP contribution in [-0.4, -0.2) is 37.1 Å². The van der Waals surface area contributed by atoms with Gasteiger partial charge in [0.05, 0.1) is 0 Å². The number of likely N-dealkylation sites (N-methyl/N-ethyl adjacent to an activating group) is 1. The molecule has 1 unspecified atom stereocenters. The molecule has 0 amide bonds. The highest BCUT2D eigenvalue weighted by atomic mass is 15.1. The standard InChI is InChI=1S/C12H21N3/c1-15-8-2-3-12(9-15)14-11-6-4-10(13)5-7-11/h4,6-7,10,12,14H,2-3,5,8-9,13H2,1H3/t10?,12-/m0/s1.